The summed E-state index contributed by atoms with van der Waals surface area (Å²) in [5.74, 6) is -0.948. The van der Waals surface area contributed by atoms with E-state index in [0.29, 0.717) is 12.0 Å². The van der Waals surface area contributed by atoms with Gasteiger partial charge in [0.25, 0.3) is 0 Å². The van der Waals surface area contributed by atoms with Crippen LogP contribution in [-0.4, -0.2) is 23.5 Å². The van der Waals surface area contributed by atoms with Crippen LogP contribution in [0, 0.1) is 0 Å². The number of allylic oxidation sites excluding steroid dienone is 1. The molecule has 1 aromatic carbocycles. The molecule has 0 aromatic heterocycles. The third-order valence-corrected chi connectivity index (χ3v) is 3.10. The average molecular weight is 303 g/mol. The molecule has 0 aliphatic carbocycles. The van der Waals surface area contributed by atoms with Crippen LogP contribution in [0.25, 0.3) is 6.08 Å². The number of carboxylic acids is 1. The van der Waals surface area contributed by atoms with E-state index in [9.17, 15) is 9.59 Å². The SMILES string of the molecule is CCC(=O)/C=C/c1ccc(OCC(=O)O)c(Cl)c1Cl. The zero-order valence-electron chi connectivity index (χ0n) is 10.2. The van der Waals surface area contributed by atoms with Gasteiger partial charge >= 0.3 is 5.97 Å². The number of hydrogen-bond acceptors (Lipinski definition) is 3. The lowest BCUT2D eigenvalue weighted by Gasteiger charge is -2.08. The zero-order chi connectivity index (χ0) is 14.4. The molecule has 0 fully saturated rings. The Bertz CT molecular complexity index is 524. The number of hydrogen-bond donors (Lipinski definition) is 1. The molecule has 4 nitrogen and oxygen atoms in total. The Morgan fingerprint density at radius 3 is 2.58 bits per heavy atom. The van der Waals surface area contributed by atoms with Gasteiger partial charge in [0, 0.05) is 6.42 Å². The molecule has 0 aliphatic rings. The van der Waals surface area contributed by atoms with E-state index in [1.807, 2.05) is 0 Å². The van der Waals surface area contributed by atoms with Gasteiger partial charge < -0.3 is 9.84 Å². The minimum Gasteiger partial charge on any atom is -0.480 e. The number of carbonyl (C=O) groups is 2. The molecule has 0 heterocycles. The van der Waals surface area contributed by atoms with Crippen molar-refractivity contribution in [2.45, 2.75) is 13.3 Å². The molecule has 0 radical (unpaired) electrons. The molecule has 0 unspecified atom stereocenters. The summed E-state index contributed by atoms with van der Waals surface area (Å²) >= 11 is 12.0. The first-order chi connectivity index (χ1) is 8.95. The number of ether oxygens (including phenoxy) is 1. The molecule has 0 spiro atoms. The van der Waals surface area contributed by atoms with E-state index in [1.165, 1.54) is 12.1 Å². The third kappa shape index (κ3) is 4.58. The Kier molecular flexibility index (Phi) is 5.86. The summed E-state index contributed by atoms with van der Waals surface area (Å²) in [6.45, 7) is 1.25. The lowest BCUT2D eigenvalue weighted by Crippen LogP contribution is -2.09. The van der Waals surface area contributed by atoms with E-state index in [0.717, 1.165) is 0 Å². The maximum atomic E-state index is 11.2. The highest BCUT2D eigenvalue weighted by Crippen LogP contribution is 2.35. The number of benzene rings is 1. The van der Waals surface area contributed by atoms with Gasteiger partial charge in [0.05, 0.1) is 5.02 Å². The van der Waals surface area contributed by atoms with Crippen molar-refractivity contribution in [3.63, 3.8) is 0 Å². The number of ketones is 1. The second kappa shape index (κ2) is 7.16. The summed E-state index contributed by atoms with van der Waals surface area (Å²) in [6.07, 6.45) is 3.37. The van der Waals surface area contributed by atoms with Gasteiger partial charge in [-0.2, -0.15) is 0 Å². The van der Waals surface area contributed by atoms with Crippen molar-refractivity contribution in [3.05, 3.63) is 33.8 Å². The predicted octanol–water partition coefficient (Wildman–Crippen LogP) is 3.45. The molecule has 0 bridgehead atoms. The molecule has 1 rings (SSSR count). The molecule has 0 saturated carbocycles. The Morgan fingerprint density at radius 1 is 1.32 bits per heavy atom. The topological polar surface area (TPSA) is 63.6 Å². The molecule has 19 heavy (non-hydrogen) atoms. The normalized spacial score (nSPS) is 10.7. The third-order valence-electron chi connectivity index (χ3n) is 2.23. The van der Waals surface area contributed by atoms with Gasteiger partial charge in [-0.15, -0.1) is 0 Å². The van der Waals surface area contributed by atoms with Gasteiger partial charge in [-0.05, 0) is 29.8 Å². The van der Waals surface area contributed by atoms with Gasteiger partial charge in [0.15, 0.2) is 12.4 Å². The summed E-state index contributed by atoms with van der Waals surface area (Å²) in [5.41, 5.74) is 0.566. The number of halogens is 2. The Hall–Kier alpha value is -1.52. The number of aliphatic carboxylic acids is 1. The van der Waals surface area contributed by atoms with Gasteiger partial charge in [-0.1, -0.05) is 30.1 Å². The first-order valence-electron chi connectivity index (χ1n) is 5.49. The van der Waals surface area contributed by atoms with Crippen LogP contribution < -0.4 is 4.74 Å². The highest BCUT2D eigenvalue weighted by atomic mass is 35.5. The van der Waals surface area contributed by atoms with E-state index < -0.39 is 12.6 Å². The van der Waals surface area contributed by atoms with E-state index in [4.69, 9.17) is 33.0 Å². The van der Waals surface area contributed by atoms with Crippen LogP contribution in [-0.2, 0) is 9.59 Å². The van der Waals surface area contributed by atoms with Crippen LogP contribution in [0.3, 0.4) is 0 Å². The molecule has 102 valence electrons. The number of carbonyl (C=O) groups excluding carboxylic acids is 1. The number of carboxylic acid groups (broad SMARTS) is 1. The lowest BCUT2D eigenvalue weighted by atomic mass is 10.1. The zero-order valence-corrected chi connectivity index (χ0v) is 11.7. The summed E-state index contributed by atoms with van der Waals surface area (Å²) in [7, 11) is 0. The Labute approximate surface area is 120 Å². The van der Waals surface area contributed by atoms with E-state index in [-0.39, 0.29) is 21.6 Å². The largest absolute Gasteiger partial charge is 0.480 e. The lowest BCUT2D eigenvalue weighted by molar-refractivity contribution is -0.139. The molecule has 0 amide bonds. The van der Waals surface area contributed by atoms with Crippen molar-refractivity contribution < 1.29 is 19.4 Å². The summed E-state index contributed by atoms with van der Waals surface area (Å²) < 4.78 is 4.97. The van der Waals surface area contributed by atoms with Crippen LogP contribution in [0.2, 0.25) is 10.0 Å². The Morgan fingerprint density at radius 2 is 2.00 bits per heavy atom. The van der Waals surface area contributed by atoms with Crippen molar-refractivity contribution in [1.82, 2.24) is 0 Å². The van der Waals surface area contributed by atoms with Gasteiger partial charge in [-0.25, -0.2) is 4.79 Å². The highest BCUT2D eigenvalue weighted by molar-refractivity contribution is 6.43. The van der Waals surface area contributed by atoms with Gasteiger partial charge in [-0.3, -0.25) is 4.79 Å². The van der Waals surface area contributed by atoms with E-state index in [1.54, 1.807) is 19.1 Å². The standard InChI is InChI=1S/C13H12Cl2O4/c1-2-9(16)5-3-8-4-6-10(13(15)12(8)14)19-7-11(17)18/h3-6H,2,7H2,1H3,(H,17,18)/b5-3+. The second-order valence-electron chi connectivity index (χ2n) is 3.62. The summed E-state index contributed by atoms with van der Waals surface area (Å²) in [4.78, 5) is 21.6. The van der Waals surface area contributed by atoms with Gasteiger partial charge in [0.1, 0.15) is 10.8 Å². The maximum Gasteiger partial charge on any atom is 0.341 e. The average Bonchev–Trinajstić information content (AvgIpc) is 2.38. The minimum absolute atomic E-state index is 0.0293. The fraction of sp³-hybridized carbons (Fsp3) is 0.231. The van der Waals surface area contributed by atoms with Crippen LogP contribution in [0.5, 0.6) is 5.75 Å². The maximum absolute atomic E-state index is 11.2. The van der Waals surface area contributed by atoms with Crippen LogP contribution in [0.4, 0.5) is 0 Å². The van der Waals surface area contributed by atoms with E-state index in [2.05, 4.69) is 0 Å². The summed E-state index contributed by atoms with van der Waals surface area (Å²) in [5, 5.41) is 8.84. The molecule has 0 aliphatic heterocycles. The molecule has 6 heteroatoms. The number of rotatable bonds is 6. The smallest absolute Gasteiger partial charge is 0.341 e. The second-order valence-corrected chi connectivity index (χ2v) is 4.37. The fourth-order valence-corrected chi connectivity index (χ4v) is 1.67. The monoisotopic (exact) mass is 302 g/mol. The fourth-order valence-electron chi connectivity index (χ4n) is 1.23. The van der Waals surface area contributed by atoms with Crippen LogP contribution in [0.1, 0.15) is 18.9 Å². The van der Waals surface area contributed by atoms with Crippen LogP contribution >= 0.6 is 23.2 Å². The first-order valence-corrected chi connectivity index (χ1v) is 6.24. The van der Waals surface area contributed by atoms with Crippen molar-refractivity contribution in [2.75, 3.05) is 6.61 Å². The van der Waals surface area contributed by atoms with Gasteiger partial charge in [0.2, 0.25) is 0 Å². The van der Waals surface area contributed by atoms with Crippen LogP contribution in [0.15, 0.2) is 18.2 Å². The van der Waals surface area contributed by atoms with E-state index >= 15 is 0 Å². The van der Waals surface area contributed by atoms with Crippen molar-refractivity contribution in [2.24, 2.45) is 0 Å². The van der Waals surface area contributed by atoms with Crippen molar-refractivity contribution >= 4 is 41.0 Å². The molecular formula is C13H12Cl2O4. The minimum atomic E-state index is -1.11. The van der Waals surface area contributed by atoms with Crippen molar-refractivity contribution in [3.8, 4) is 5.75 Å². The highest BCUT2D eigenvalue weighted by Gasteiger charge is 2.11. The summed E-state index contributed by atoms with van der Waals surface area (Å²) in [6, 6.07) is 3.11. The molecule has 1 N–H and O–H groups in total. The Balaban J connectivity index is 2.94. The molecule has 0 saturated heterocycles. The predicted molar refractivity (Wildman–Crippen MR) is 73.9 cm³/mol. The molecular weight excluding hydrogens is 291 g/mol. The molecule has 0 atom stereocenters. The molecule has 1 aromatic rings. The quantitative estimate of drug-likeness (QED) is 0.818. The van der Waals surface area contributed by atoms with Crippen molar-refractivity contribution in [1.29, 1.82) is 0 Å². The first kappa shape index (κ1) is 15.5.